The second-order valence-corrected chi connectivity index (χ2v) is 6.79. The van der Waals surface area contributed by atoms with Crippen LogP contribution in [-0.2, 0) is 11.3 Å². The Labute approximate surface area is 147 Å². The van der Waals surface area contributed by atoms with E-state index < -0.39 is 0 Å². The minimum Gasteiger partial charge on any atom is -0.419 e. The van der Waals surface area contributed by atoms with Gasteiger partial charge in [0, 0.05) is 43.0 Å². The van der Waals surface area contributed by atoms with Gasteiger partial charge in [-0.3, -0.25) is 4.90 Å². The molecule has 1 aliphatic heterocycles. The fourth-order valence-electron chi connectivity index (χ4n) is 3.27. The summed E-state index contributed by atoms with van der Waals surface area (Å²) in [7, 11) is 0. The smallest absolute Gasteiger partial charge is 0.264 e. The maximum Gasteiger partial charge on any atom is 0.264 e. The van der Waals surface area contributed by atoms with Crippen molar-refractivity contribution in [2.24, 2.45) is 0 Å². The molecular weight excluding hydrogens is 316 g/mol. The van der Waals surface area contributed by atoms with Crippen molar-refractivity contribution in [2.75, 3.05) is 32.8 Å². The molecule has 0 amide bonds. The van der Waals surface area contributed by atoms with Gasteiger partial charge in [-0.2, -0.15) is 0 Å². The summed E-state index contributed by atoms with van der Waals surface area (Å²) in [5.41, 5.74) is 2.20. The number of morpholine rings is 1. The maximum atomic E-state index is 5.92. The summed E-state index contributed by atoms with van der Waals surface area (Å²) in [5.74, 6) is 1.51. The molecule has 132 valence electrons. The normalized spacial score (nSPS) is 16.1. The molecule has 0 bridgehead atoms. The number of para-hydroxylation sites is 1. The monoisotopic (exact) mass is 340 g/mol. The van der Waals surface area contributed by atoms with Crippen molar-refractivity contribution < 1.29 is 9.15 Å². The van der Waals surface area contributed by atoms with Crippen molar-refractivity contribution in [3.05, 3.63) is 36.2 Å². The van der Waals surface area contributed by atoms with Gasteiger partial charge in [0.1, 0.15) is 5.69 Å². The second-order valence-electron chi connectivity index (χ2n) is 6.79. The first-order valence-electron chi connectivity index (χ1n) is 8.94. The van der Waals surface area contributed by atoms with Gasteiger partial charge in [0.05, 0.1) is 13.2 Å². The van der Waals surface area contributed by atoms with Crippen LogP contribution in [0.25, 0.3) is 22.5 Å². The molecule has 0 saturated carbocycles. The average Bonchev–Trinajstić information content (AvgIpc) is 3.26. The lowest BCUT2D eigenvalue weighted by molar-refractivity contribution is 0.0366. The second kappa shape index (κ2) is 6.98. The van der Waals surface area contributed by atoms with E-state index in [0.717, 1.165) is 45.1 Å². The van der Waals surface area contributed by atoms with Crippen LogP contribution in [0.4, 0.5) is 0 Å². The fourth-order valence-corrected chi connectivity index (χ4v) is 3.27. The first kappa shape index (κ1) is 16.3. The number of rotatable bonds is 5. The van der Waals surface area contributed by atoms with E-state index in [1.807, 2.05) is 0 Å². The van der Waals surface area contributed by atoms with Crippen LogP contribution in [0.3, 0.4) is 0 Å². The molecule has 0 radical (unpaired) electrons. The zero-order valence-corrected chi connectivity index (χ0v) is 14.8. The molecule has 1 aliphatic rings. The van der Waals surface area contributed by atoms with Gasteiger partial charge < -0.3 is 13.7 Å². The molecule has 0 atom stereocenters. The molecule has 0 unspecified atom stereocenters. The summed E-state index contributed by atoms with van der Waals surface area (Å²) >= 11 is 0. The van der Waals surface area contributed by atoms with Crippen LogP contribution < -0.4 is 0 Å². The highest BCUT2D eigenvalue weighted by molar-refractivity contribution is 5.85. The Kier molecular flexibility index (Phi) is 4.55. The van der Waals surface area contributed by atoms with Gasteiger partial charge in [0.2, 0.25) is 5.89 Å². The molecule has 1 fully saturated rings. The molecular formula is C19H24N4O2. The molecule has 0 aliphatic carbocycles. The molecule has 1 aromatic carbocycles. The number of nitrogens with zero attached hydrogens (tertiary/aromatic N) is 4. The number of ether oxygens (including phenoxy) is 1. The van der Waals surface area contributed by atoms with Crippen LogP contribution in [0.2, 0.25) is 0 Å². The zero-order chi connectivity index (χ0) is 17.2. The molecule has 1 saturated heterocycles. The van der Waals surface area contributed by atoms with E-state index >= 15 is 0 Å². The molecule has 0 spiro atoms. The van der Waals surface area contributed by atoms with Crippen LogP contribution in [0.1, 0.15) is 25.7 Å². The van der Waals surface area contributed by atoms with Gasteiger partial charge in [-0.1, -0.05) is 32.0 Å². The van der Waals surface area contributed by atoms with Crippen LogP contribution >= 0.6 is 0 Å². The third-order valence-corrected chi connectivity index (χ3v) is 4.71. The number of hydrogen-bond acceptors (Lipinski definition) is 5. The van der Waals surface area contributed by atoms with E-state index in [9.17, 15) is 0 Å². The lowest BCUT2D eigenvalue weighted by Crippen LogP contribution is -2.38. The van der Waals surface area contributed by atoms with Gasteiger partial charge >= 0.3 is 0 Å². The van der Waals surface area contributed by atoms with E-state index in [1.165, 1.54) is 10.9 Å². The van der Waals surface area contributed by atoms with E-state index in [2.05, 4.69) is 63.8 Å². The highest BCUT2D eigenvalue weighted by Crippen LogP contribution is 2.28. The first-order chi connectivity index (χ1) is 12.2. The summed E-state index contributed by atoms with van der Waals surface area (Å²) in [6.45, 7) is 9.62. The SMILES string of the molecule is CC(C)c1nnc(-c2cc3ccccc3n2CCN2CCOCC2)o1. The molecule has 6 nitrogen and oxygen atoms in total. The van der Waals surface area contributed by atoms with Gasteiger partial charge in [0.15, 0.2) is 0 Å². The van der Waals surface area contributed by atoms with E-state index in [4.69, 9.17) is 9.15 Å². The Hall–Kier alpha value is -2.18. The number of aromatic nitrogens is 3. The quantitative estimate of drug-likeness (QED) is 0.714. The van der Waals surface area contributed by atoms with Gasteiger partial charge in [-0.25, -0.2) is 0 Å². The lowest BCUT2D eigenvalue weighted by Gasteiger charge is -2.27. The maximum absolute atomic E-state index is 5.92. The van der Waals surface area contributed by atoms with Gasteiger partial charge in [-0.15, -0.1) is 10.2 Å². The van der Waals surface area contributed by atoms with E-state index in [1.54, 1.807) is 0 Å². The molecule has 2 aromatic heterocycles. The molecule has 4 rings (SSSR count). The van der Waals surface area contributed by atoms with Gasteiger partial charge in [-0.05, 0) is 12.1 Å². The minimum absolute atomic E-state index is 0.229. The fraction of sp³-hybridized carbons (Fsp3) is 0.474. The zero-order valence-electron chi connectivity index (χ0n) is 14.8. The van der Waals surface area contributed by atoms with Crippen LogP contribution in [-0.4, -0.2) is 52.5 Å². The van der Waals surface area contributed by atoms with Crippen molar-refractivity contribution in [1.29, 1.82) is 0 Å². The summed E-state index contributed by atoms with van der Waals surface area (Å²) < 4.78 is 13.7. The highest BCUT2D eigenvalue weighted by atomic mass is 16.5. The third kappa shape index (κ3) is 3.32. The van der Waals surface area contributed by atoms with Crippen molar-refractivity contribution in [3.8, 4) is 11.6 Å². The number of benzene rings is 1. The van der Waals surface area contributed by atoms with Crippen LogP contribution in [0, 0.1) is 0 Å². The van der Waals surface area contributed by atoms with Crippen molar-refractivity contribution >= 4 is 10.9 Å². The van der Waals surface area contributed by atoms with E-state index in [-0.39, 0.29) is 5.92 Å². The van der Waals surface area contributed by atoms with Crippen molar-refractivity contribution in [3.63, 3.8) is 0 Å². The third-order valence-electron chi connectivity index (χ3n) is 4.71. The van der Waals surface area contributed by atoms with Crippen molar-refractivity contribution in [1.82, 2.24) is 19.7 Å². The first-order valence-corrected chi connectivity index (χ1v) is 8.94. The van der Waals surface area contributed by atoms with E-state index in [0.29, 0.717) is 11.8 Å². The standard InChI is InChI=1S/C19H24N4O2/c1-14(2)18-20-21-19(25-18)17-13-15-5-3-4-6-16(15)23(17)8-7-22-9-11-24-12-10-22/h3-6,13-14H,7-12H2,1-2H3. The highest BCUT2D eigenvalue weighted by Gasteiger charge is 2.18. The largest absolute Gasteiger partial charge is 0.419 e. The average molecular weight is 340 g/mol. The topological polar surface area (TPSA) is 56.3 Å². The molecule has 3 heterocycles. The predicted molar refractivity (Wildman–Crippen MR) is 96.6 cm³/mol. The van der Waals surface area contributed by atoms with Gasteiger partial charge in [0.25, 0.3) is 5.89 Å². The van der Waals surface area contributed by atoms with Crippen LogP contribution in [0.5, 0.6) is 0 Å². The Morgan fingerprint density at radius 1 is 1.08 bits per heavy atom. The Morgan fingerprint density at radius 3 is 2.64 bits per heavy atom. The molecule has 6 heteroatoms. The number of hydrogen-bond donors (Lipinski definition) is 0. The minimum atomic E-state index is 0.229. The Balaban J connectivity index is 1.67. The predicted octanol–water partition coefficient (Wildman–Crippen LogP) is 3.15. The lowest BCUT2D eigenvalue weighted by atomic mass is 10.2. The Morgan fingerprint density at radius 2 is 1.88 bits per heavy atom. The summed E-state index contributed by atoms with van der Waals surface area (Å²) in [6, 6.07) is 10.6. The molecule has 3 aromatic rings. The molecule has 0 N–H and O–H groups in total. The number of fused-ring (bicyclic) bond motifs is 1. The summed E-state index contributed by atoms with van der Waals surface area (Å²) in [4.78, 5) is 2.44. The Bertz CT molecular complexity index is 846. The molecule has 25 heavy (non-hydrogen) atoms. The summed E-state index contributed by atoms with van der Waals surface area (Å²) in [6.07, 6.45) is 0. The van der Waals surface area contributed by atoms with Crippen LogP contribution in [0.15, 0.2) is 34.7 Å². The summed E-state index contributed by atoms with van der Waals surface area (Å²) in [5, 5.41) is 9.68. The van der Waals surface area contributed by atoms with Crippen molar-refractivity contribution in [2.45, 2.75) is 26.3 Å².